The fourth-order valence-corrected chi connectivity index (χ4v) is 3.86. The van der Waals surface area contributed by atoms with Gasteiger partial charge in [-0.1, -0.05) is 67.9 Å². The molecule has 0 unspecified atom stereocenters. The van der Waals surface area contributed by atoms with Gasteiger partial charge in [-0.2, -0.15) is 0 Å². The highest BCUT2D eigenvalue weighted by Crippen LogP contribution is 2.33. The summed E-state index contributed by atoms with van der Waals surface area (Å²) in [4.78, 5) is 0. The van der Waals surface area contributed by atoms with Crippen molar-refractivity contribution in [2.24, 2.45) is 0 Å². The van der Waals surface area contributed by atoms with E-state index in [4.69, 9.17) is 4.74 Å². The molecular formula is C27H23F3O. The molecule has 0 amide bonds. The number of benzene rings is 4. The molecular weight excluding hydrogens is 397 g/mol. The van der Waals surface area contributed by atoms with Gasteiger partial charge >= 0.3 is 0 Å². The largest absolute Gasteiger partial charge is 0.491 e. The third-order valence-corrected chi connectivity index (χ3v) is 5.57. The minimum absolute atomic E-state index is 0.270. The summed E-state index contributed by atoms with van der Waals surface area (Å²) in [6.45, 7) is 2.15. The van der Waals surface area contributed by atoms with Crippen molar-refractivity contribution in [3.8, 4) is 28.0 Å². The summed E-state index contributed by atoms with van der Waals surface area (Å²) in [5.41, 5.74) is 3.43. The van der Waals surface area contributed by atoms with Crippen LogP contribution in [0.3, 0.4) is 0 Å². The van der Waals surface area contributed by atoms with Crippen LogP contribution in [-0.2, 0) is 6.42 Å². The summed E-state index contributed by atoms with van der Waals surface area (Å²) in [6.07, 6.45) is 3.22. The van der Waals surface area contributed by atoms with Crippen molar-refractivity contribution in [2.45, 2.75) is 26.2 Å². The molecule has 0 spiro atoms. The smallest absolute Gasteiger partial charge is 0.190 e. The Morgan fingerprint density at radius 3 is 2.06 bits per heavy atom. The van der Waals surface area contributed by atoms with Gasteiger partial charge in [0.1, 0.15) is 5.82 Å². The molecule has 0 N–H and O–H groups in total. The van der Waals surface area contributed by atoms with Crippen LogP contribution in [0.1, 0.15) is 25.3 Å². The molecule has 0 fully saturated rings. The molecule has 0 saturated carbocycles. The summed E-state index contributed by atoms with van der Waals surface area (Å²) in [5.74, 6) is -2.20. The number of rotatable bonds is 6. The van der Waals surface area contributed by atoms with E-state index < -0.39 is 17.4 Å². The molecule has 4 aromatic carbocycles. The summed E-state index contributed by atoms with van der Waals surface area (Å²) in [5, 5.41) is 1.47. The molecule has 31 heavy (non-hydrogen) atoms. The molecule has 4 aromatic rings. The lowest BCUT2D eigenvalue weighted by Gasteiger charge is -2.10. The third-order valence-electron chi connectivity index (χ3n) is 5.57. The lowest BCUT2D eigenvalue weighted by molar-refractivity contribution is 0.360. The van der Waals surface area contributed by atoms with E-state index in [2.05, 4.69) is 6.92 Å². The average molecular weight is 420 g/mol. The Hall–Kier alpha value is -3.27. The second-order valence-electron chi connectivity index (χ2n) is 7.64. The molecule has 158 valence electrons. The third kappa shape index (κ3) is 4.15. The van der Waals surface area contributed by atoms with Crippen molar-refractivity contribution < 1.29 is 17.9 Å². The molecule has 0 heterocycles. The second-order valence-corrected chi connectivity index (χ2v) is 7.64. The van der Waals surface area contributed by atoms with Crippen LogP contribution in [-0.4, -0.2) is 7.11 Å². The number of fused-ring (bicyclic) bond motifs is 1. The van der Waals surface area contributed by atoms with Crippen molar-refractivity contribution >= 4 is 10.8 Å². The average Bonchev–Trinajstić information content (AvgIpc) is 2.78. The van der Waals surface area contributed by atoms with Crippen LogP contribution < -0.4 is 4.74 Å². The van der Waals surface area contributed by atoms with Gasteiger partial charge in [-0.15, -0.1) is 0 Å². The van der Waals surface area contributed by atoms with Gasteiger partial charge < -0.3 is 4.74 Å². The predicted octanol–water partition coefficient (Wildman–Crippen LogP) is 7.94. The van der Waals surface area contributed by atoms with Crippen molar-refractivity contribution in [3.05, 3.63) is 89.7 Å². The van der Waals surface area contributed by atoms with Crippen molar-refractivity contribution in [2.75, 3.05) is 7.11 Å². The first-order valence-corrected chi connectivity index (χ1v) is 10.4. The fraction of sp³-hybridized carbons (Fsp3) is 0.185. The quantitative estimate of drug-likeness (QED) is 0.308. The van der Waals surface area contributed by atoms with E-state index in [-0.39, 0.29) is 5.82 Å². The molecule has 4 heteroatoms. The van der Waals surface area contributed by atoms with Crippen molar-refractivity contribution in [3.63, 3.8) is 0 Å². The first-order chi connectivity index (χ1) is 15.0. The number of hydrogen-bond donors (Lipinski definition) is 0. The zero-order valence-corrected chi connectivity index (χ0v) is 17.5. The Bertz CT molecular complexity index is 1210. The number of unbranched alkanes of at least 4 members (excludes halogenated alkanes) is 1. The van der Waals surface area contributed by atoms with E-state index in [0.717, 1.165) is 24.6 Å². The molecule has 0 bridgehead atoms. The standard InChI is InChI=1S/C27H23F3O/c1-3-4-5-17-6-12-23-20(14-17)11-13-22(26(23)30)19-9-7-18(8-10-19)21-15-24(28)27(31-2)25(29)16-21/h6-16H,3-5H2,1-2H3. The van der Waals surface area contributed by atoms with Crippen LogP contribution in [0.2, 0.25) is 0 Å². The van der Waals surface area contributed by atoms with Gasteiger partial charge in [0, 0.05) is 10.9 Å². The summed E-state index contributed by atoms with van der Waals surface area (Å²) in [7, 11) is 1.22. The lowest BCUT2D eigenvalue weighted by atomic mass is 9.96. The Labute approximate surface area is 180 Å². The monoisotopic (exact) mass is 420 g/mol. The van der Waals surface area contributed by atoms with Crippen LogP contribution >= 0.6 is 0 Å². The molecule has 0 atom stereocenters. The molecule has 1 nitrogen and oxygen atoms in total. The molecule has 0 radical (unpaired) electrons. The highest BCUT2D eigenvalue weighted by Gasteiger charge is 2.14. The van der Waals surface area contributed by atoms with E-state index >= 15 is 4.39 Å². The number of hydrogen-bond acceptors (Lipinski definition) is 1. The van der Waals surface area contributed by atoms with Crippen molar-refractivity contribution in [1.82, 2.24) is 0 Å². The maximum Gasteiger partial charge on any atom is 0.190 e. The molecule has 4 rings (SSSR count). The molecule has 0 aliphatic heterocycles. The van der Waals surface area contributed by atoms with Crippen molar-refractivity contribution in [1.29, 1.82) is 0 Å². The maximum absolute atomic E-state index is 15.2. The number of methoxy groups -OCH3 is 1. The van der Waals surface area contributed by atoms with E-state index in [0.29, 0.717) is 27.6 Å². The SMILES string of the molecule is CCCCc1ccc2c(F)c(-c3ccc(-c4cc(F)c(OC)c(F)c4)cc3)ccc2c1. The number of aryl methyl sites for hydroxylation is 1. The van der Waals surface area contributed by atoms with Crippen LogP contribution in [0.5, 0.6) is 5.75 Å². The maximum atomic E-state index is 15.2. The highest BCUT2D eigenvalue weighted by atomic mass is 19.1. The Morgan fingerprint density at radius 2 is 1.42 bits per heavy atom. The summed E-state index contributed by atoms with van der Waals surface area (Å²) in [6, 6.07) is 19.0. The number of ether oxygens (including phenoxy) is 1. The van der Waals surface area contributed by atoms with Gasteiger partial charge in [0.25, 0.3) is 0 Å². The zero-order chi connectivity index (χ0) is 22.0. The van der Waals surface area contributed by atoms with Crippen LogP contribution in [0.25, 0.3) is 33.0 Å². The van der Waals surface area contributed by atoms with E-state index in [1.807, 2.05) is 24.3 Å². The van der Waals surface area contributed by atoms with Gasteiger partial charge in [-0.05, 0) is 52.6 Å². The van der Waals surface area contributed by atoms with Gasteiger partial charge in [0.2, 0.25) is 0 Å². The second kappa shape index (κ2) is 8.84. The first-order valence-electron chi connectivity index (χ1n) is 10.4. The molecule has 0 aliphatic rings. The van der Waals surface area contributed by atoms with Crippen LogP contribution in [0.4, 0.5) is 13.2 Å². The predicted molar refractivity (Wildman–Crippen MR) is 120 cm³/mol. The minimum Gasteiger partial charge on any atom is -0.491 e. The van der Waals surface area contributed by atoms with Gasteiger partial charge in [-0.25, -0.2) is 13.2 Å². The first kappa shape index (κ1) is 21.0. The minimum atomic E-state index is -0.763. The summed E-state index contributed by atoms with van der Waals surface area (Å²) < 4.78 is 48.0. The Kier molecular flexibility index (Phi) is 5.99. The van der Waals surface area contributed by atoms with Gasteiger partial charge in [0.05, 0.1) is 7.11 Å². The van der Waals surface area contributed by atoms with E-state index in [1.54, 1.807) is 30.3 Å². The topological polar surface area (TPSA) is 9.23 Å². The zero-order valence-electron chi connectivity index (χ0n) is 17.5. The summed E-state index contributed by atoms with van der Waals surface area (Å²) >= 11 is 0. The van der Waals surface area contributed by atoms with E-state index in [1.165, 1.54) is 24.8 Å². The number of halogens is 3. The normalized spacial score (nSPS) is 11.1. The highest BCUT2D eigenvalue weighted by molar-refractivity contribution is 5.89. The van der Waals surface area contributed by atoms with Gasteiger partial charge in [0.15, 0.2) is 17.4 Å². The van der Waals surface area contributed by atoms with Crippen LogP contribution in [0, 0.1) is 17.5 Å². The molecule has 0 saturated heterocycles. The fourth-order valence-electron chi connectivity index (χ4n) is 3.86. The molecule has 0 aliphatic carbocycles. The van der Waals surface area contributed by atoms with Crippen LogP contribution in [0.15, 0.2) is 66.7 Å². The Morgan fingerprint density at radius 1 is 0.742 bits per heavy atom. The lowest BCUT2D eigenvalue weighted by Crippen LogP contribution is -1.94. The van der Waals surface area contributed by atoms with Gasteiger partial charge in [-0.3, -0.25) is 0 Å². The Balaban J connectivity index is 1.67. The molecule has 0 aromatic heterocycles. The van der Waals surface area contributed by atoms with E-state index in [9.17, 15) is 8.78 Å².